The highest BCUT2D eigenvalue weighted by Crippen LogP contribution is 2.37. The second-order valence-electron chi connectivity index (χ2n) is 8.94. The van der Waals surface area contributed by atoms with Crippen LogP contribution in [0, 0.1) is 6.92 Å². The summed E-state index contributed by atoms with van der Waals surface area (Å²) in [5, 5.41) is 22.1. The summed E-state index contributed by atoms with van der Waals surface area (Å²) in [6.07, 6.45) is 2.86. The highest BCUT2D eigenvalue weighted by atomic mass is 32.2. The molecule has 4 heterocycles. The lowest BCUT2D eigenvalue weighted by Gasteiger charge is -2.15. The van der Waals surface area contributed by atoms with E-state index in [2.05, 4.69) is 35.5 Å². The average molecular weight is 490 g/mol. The van der Waals surface area contributed by atoms with Crippen molar-refractivity contribution in [2.45, 2.75) is 42.9 Å². The van der Waals surface area contributed by atoms with Crippen LogP contribution in [-0.4, -0.2) is 43.0 Å². The van der Waals surface area contributed by atoms with Gasteiger partial charge in [0.2, 0.25) is 9.84 Å². The minimum Gasteiger partial charge on any atom is -0.324 e. The molecular weight excluding hydrogens is 466 g/mol. The van der Waals surface area contributed by atoms with Crippen molar-refractivity contribution >= 4 is 27.0 Å². The Morgan fingerprint density at radius 1 is 0.971 bits per heavy atom. The third-order valence-corrected chi connectivity index (χ3v) is 7.02. The number of hydrogen-bond donors (Lipinski definition) is 1. The Labute approximate surface area is 201 Å². The zero-order chi connectivity index (χ0) is 24.8. The predicted molar refractivity (Wildman–Crippen MR) is 128 cm³/mol. The molecule has 0 amide bonds. The van der Waals surface area contributed by atoms with Gasteiger partial charge in [-0.1, -0.05) is 45.0 Å². The Bertz CT molecular complexity index is 1640. The molecule has 0 saturated heterocycles. The number of sulfone groups is 1. The van der Waals surface area contributed by atoms with E-state index in [1.165, 1.54) is 27.6 Å². The fraction of sp³-hybridized carbons (Fsp3) is 0.217. The molecule has 11 nitrogen and oxygen atoms in total. The fourth-order valence-corrected chi connectivity index (χ4v) is 4.92. The zero-order valence-electron chi connectivity index (χ0n) is 19.6. The van der Waals surface area contributed by atoms with Gasteiger partial charge in [0.25, 0.3) is 0 Å². The second kappa shape index (κ2) is 8.24. The van der Waals surface area contributed by atoms with Crippen LogP contribution in [0.2, 0.25) is 0 Å². The Hall–Kier alpha value is -4.19. The molecule has 0 aliphatic rings. The summed E-state index contributed by atoms with van der Waals surface area (Å²) in [4.78, 5) is 7.50. The standard InChI is InChI=1S/C23H23N9O2S/c1-15-26-22-19(20(23(2,3)4)30-32(22)29-15)27-28-21-17(35(33,34)16-10-6-5-7-11-16)14-25-31(21)18-12-8-9-13-24-18/h5-14H,1-4H3,(H,26,29)/b28-27+. The number of aromatic amines is 1. The maximum atomic E-state index is 13.5. The number of aryl methyl sites for hydroxylation is 1. The van der Waals surface area contributed by atoms with Gasteiger partial charge in [0.15, 0.2) is 23.0 Å². The SMILES string of the molecule is Cc1nn2nc(C(C)(C)C)c(/N=N/c3c(S(=O)(=O)c4ccccc4)cnn3-c3ccccn3)c2[nH]1. The number of nitrogens with zero attached hydrogens (tertiary/aromatic N) is 8. The average Bonchev–Trinajstić information content (AvgIpc) is 3.51. The summed E-state index contributed by atoms with van der Waals surface area (Å²) < 4.78 is 29.8. The van der Waals surface area contributed by atoms with Crippen molar-refractivity contribution in [3.63, 3.8) is 0 Å². The van der Waals surface area contributed by atoms with Gasteiger partial charge in [-0.3, -0.25) is 0 Å². The Balaban J connectivity index is 1.72. The second-order valence-corrected chi connectivity index (χ2v) is 10.9. The number of nitrogens with one attached hydrogen (secondary N) is 1. The Morgan fingerprint density at radius 3 is 2.40 bits per heavy atom. The molecule has 1 aromatic carbocycles. The number of H-pyrrole nitrogens is 1. The molecule has 0 spiro atoms. The predicted octanol–water partition coefficient (Wildman–Crippen LogP) is 4.49. The van der Waals surface area contributed by atoms with Gasteiger partial charge in [-0.05, 0) is 31.2 Å². The van der Waals surface area contributed by atoms with Crippen LogP contribution in [0.3, 0.4) is 0 Å². The van der Waals surface area contributed by atoms with Crippen molar-refractivity contribution in [1.82, 2.24) is 34.6 Å². The molecule has 0 radical (unpaired) electrons. The van der Waals surface area contributed by atoms with E-state index in [1.54, 1.807) is 42.6 Å². The van der Waals surface area contributed by atoms with Crippen molar-refractivity contribution in [3.8, 4) is 5.82 Å². The summed E-state index contributed by atoms with van der Waals surface area (Å²) >= 11 is 0. The van der Waals surface area contributed by atoms with E-state index < -0.39 is 9.84 Å². The van der Waals surface area contributed by atoms with Gasteiger partial charge in [0, 0.05) is 11.6 Å². The van der Waals surface area contributed by atoms with Gasteiger partial charge in [0.05, 0.1) is 16.8 Å². The molecule has 0 atom stereocenters. The van der Waals surface area contributed by atoms with Gasteiger partial charge in [-0.2, -0.15) is 14.9 Å². The molecule has 12 heteroatoms. The van der Waals surface area contributed by atoms with E-state index in [0.29, 0.717) is 28.7 Å². The van der Waals surface area contributed by atoms with E-state index in [1.807, 2.05) is 27.7 Å². The van der Waals surface area contributed by atoms with Crippen LogP contribution < -0.4 is 0 Å². The topological polar surface area (TPSA) is 136 Å². The molecule has 0 aliphatic carbocycles. The van der Waals surface area contributed by atoms with Crippen LogP contribution in [0.1, 0.15) is 32.3 Å². The largest absolute Gasteiger partial charge is 0.324 e. The van der Waals surface area contributed by atoms with E-state index in [-0.39, 0.29) is 21.0 Å². The molecular formula is C23H23N9O2S. The highest BCUT2D eigenvalue weighted by Gasteiger charge is 2.29. The van der Waals surface area contributed by atoms with Crippen molar-refractivity contribution in [1.29, 1.82) is 0 Å². The summed E-state index contributed by atoms with van der Waals surface area (Å²) in [5.41, 5.74) is 1.33. The Kier molecular flexibility index (Phi) is 5.32. The highest BCUT2D eigenvalue weighted by molar-refractivity contribution is 7.91. The maximum absolute atomic E-state index is 13.5. The van der Waals surface area contributed by atoms with Gasteiger partial charge in [-0.15, -0.1) is 20.0 Å². The van der Waals surface area contributed by atoms with Crippen LogP contribution in [0.25, 0.3) is 11.5 Å². The molecule has 0 bridgehead atoms. The maximum Gasteiger partial charge on any atom is 0.211 e. The van der Waals surface area contributed by atoms with Crippen LogP contribution in [0.15, 0.2) is 80.9 Å². The van der Waals surface area contributed by atoms with Crippen molar-refractivity contribution in [3.05, 3.63) is 72.4 Å². The monoisotopic (exact) mass is 489 g/mol. The molecule has 178 valence electrons. The smallest absolute Gasteiger partial charge is 0.211 e. The molecule has 0 aliphatic heterocycles. The lowest BCUT2D eigenvalue weighted by molar-refractivity contribution is 0.557. The summed E-state index contributed by atoms with van der Waals surface area (Å²) in [5.74, 6) is 1.10. The molecule has 0 saturated carbocycles. The third-order valence-electron chi connectivity index (χ3n) is 5.26. The lowest BCUT2D eigenvalue weighted by atomic mass is 9.91. The molecule has 35 heavy (non-hydrogen) atoms. The van der Waals surface area contributed by atoms with Crippen molar-refractivity contribution in [2.75, 3.05) is 0 Å². The number of aromatic nitrogens is 7. The van der Waals surface area contributed by atoms with Gasteiger partial charge in [-0.25, -0.2) is 13.4 Å². The first-order valence-corrected chi connectivity index (χ1v) is 12.3. The first-order chi connectivity index (χ1) is 16.7. The van der Waals surface area contributed by atoms with Crippen LogP contribution in [0.5, 0.6) is 0 Å². The van der Waals surface area contributed by atoms with E-state index in [9.17, 15) is 8.42 Å². The van der Waals surface area contributed by atoms with E-state index >= 15 is 0 Å². The molecule has 0 unspecified atom stereocenters. The third kappa shape index (κ3) is 4.01. The minimum absolute atomic E-state index is 0.0306. The normalized spacial score (nSPS) is 12.7. The van der Waals surface area contributed by atoms with Gasteiger partial charge < -0.3 is 4.98 Å². The number of fused-ring (bicyclic) bond motifs is 1. The van der Waals surface area contributed by atoms with Gasteiger partial charge >= 0.3 is 0 Å². The number of benzene rings is 1. The number of hydrogen-bond acceptors (Lipinski definition) is 8. The fourth-order valence-electron chi connectivity index (χ4n) is 3.60. The molecule has 5 rings (SSSR count). The summed E-state index contributed by atoms with van der Waals surface area (Å²) in [6, 6.07) is 13.4. The summed E-state index contributed by atoms with van der Waals surface area (Å²) in [7, 11) is -3.93. The van der Waals surface area contributed by atoms with E-state index in [4.69, 9.17) is 0 Å². The van der Waals surface area contributed by atoms with Crippen LogP contribution >= 0.6 is 0 Å². The van der Waals surface area contributed by atoms with Gasteiger partial charge in [0.1, 0.15) is 10.7 Å². The molecule has 4 aromatic heterocycles. The molecule has 5 aromatic rings. The first kappa shape index (κ1) is 22.6. The van der Waals surface area contributed by atoms with Crippen molar-refractivity contribution in [2.24, 2.45) is 10.2 Å². The molecule has 1 N–H and O–H groups in total. The molecule has 0 fully saturated rings. The minimum atomic E-state index is -3.93. The van der Waals surface area contributed by atoms with E-state index in [0.717, 1.165) is 0 Å². The first-order valence-electron chi connectivity index (χ1n) is 10.8. The summed E-state index contributed by atoms with van der Waals surface area (Å²) in [6.45, 7) is 7.82. The number of pyridine rings is 1. The number of rotatable bonds is 5. The Morgan fingerprint density at radius 2 is 1.71 bits per heavy atom. The number of azo groups is 1. The van der Waals surface area contributed by atoms with Crippen LogP contribution in [-0.2, 0) is 15.3 Å². The van der Waals surface area contributed by atoms with Crippen LogP contribution in [0.4, 0.5) is 11.5 Å². The zero-order valence-corrected chi connectivity index (χ0v) is 20.4. The quantitative estimate of drug-likeness (QED) is 0.361. The van der Waals surface area contributed by atoms with Crippen molar-refractivity contribution < 1.29 is 8.42 Å². The lowest BCUT2D eigenvalue weighted by Crippen LogP contribution is -2.12.